The number of H-pyrrole nitrogens is 4. The summed E-state index contributed by atoms with van der Waals surface area (Å²) in [6, 6.07) is 59.4. The van der Waals surface area contributed by atoms with Gasteiger partial charge in [0.05, 0.1) is 10.0 Å². The third kappa shape index (κ3) is 8.23. The number of aromatic amines is 4. The molecule has 4 aliphatic heterocycles. The van der Waals surface area contributed by atoms with Gasteiger partial charge in [0.15, 0.2) is 46.6 Å². The molecular formula is C64H40Cl2GaInN16. The molecule has 8 aromatic carbocycles. The fourth-order valence-electron chi connectivity index (χ4n) is 11.3. The van der Waals surface area contributed by atoms with E-state index in [0.717, 1.165) is 87.6 Å². The van der Waals surface area contributed by atoms with E-state index < -0.39 is 0 Å². The average molecular weight is 1290 g/mol. The van der Waals surface area contributed by atoms with Gasteiger partial charge >= 0.3 is 45.6 Å². The van der Waals surface area contributed by atoms with Gasteiger partial charge in [-0.15, -0.1) is 0 Å². The van der Waals surface area contributed by atoms with Crippen LogP contribution < -0.4 is 0 Å². The van der Waals surface area contributed by atoms with E-state index >= 15 is 0 Å². The Morgan fingerprint density at radius 1 is 0.214 bits per heavy atom. The summed E-state index contributed by atoms with van der Waals surface area (Å²) in [4.78, 5) is 73.3. The standard InChI is InChI=1S/2C32H17ClN8.Ga.In.6H/c2*33-23-15-7-14-22-24(23)32-40-30-21-13-6-5-12-20(21)28(38-30)36-26-17-9-2-1-8-16(17)25(34-26)35-27-18-10-3-4-11-19(18)29(37-27)39-31(22)41-32;;;;;;;;/h2*1-15H,(H2,34,35,36,37,38,39,40,41);;;;;;;;. The van der Waals surface area contributed by atoms with Crippen molar-refractivity contribution < 1.29 is 0 Å². The molecule has 84 heavy (non-hydrogen) atoms. The van der Waals surface area contributed by atoms with E-state index in [1.807, 2.05) is 182 Å². The number of nitrogens with one attached hydrogen (secondary N) is 4. The van der Waals surface area contributed by atoms with Crippen molar-refractivity contribution in [2.45, 2.75) is 0 Å². The Morgan fingerprint density at radius 2 is 0.405 bits per heavy atom. The maximum atomic E-state index is 6.73. The Morgan fingerprint density at radius 3 is 0.655 bits per heavy atom. The molecule has 0 fully saturated rings. The van der Waals surface area contributed by atoms with Gasteiger partial charge in [-0.3, -0.25) is 0 Å². The molecule has 0 aliphatic carbocycles. The molecule has 14 aromatic rings. The number of hydrogen-bond acceptors (Lipinski definition) is 12. The Labute approximate surface area is 515 Å². The second kappa shape index (κ2) is 20.2. The molecule has 20 heteroatoms. The molecule has 0 spiro atoms. The molecule has 18 rings (SSSR count). The normalized spacial score (nSPS) is 11.7. The molecule has 0 amide bonds. The minimum absolute atomic E-state index is 0. The van der Waals surface area contributed by atoms with Crippen molar-refractivity contribution in [3.63, 3.8) is 0 Å². The number of rotatable bonds is 0. The SMILES string of the molecule is Clc1cccc2c3nc4nc(nc5[nH]c(nc6nc(nc([nH]3)c12)-c1ccccc1-6)c1ccccc51)-c1ccccc1-4.Clc1cccc2c3nc4nc(nc5[nH]c(nc6nc(nc([nH]3)c12)-c1ccccc1-6)c1ccccc51)-c1ccccc1-4.[GaH3].[InH3]. The van der Waals surface area contributed by atoms with Gasteiger partial charge in [-0.2, -0.15) is 0 Å². The maximum absolute atomic E-state index is 6.73. The molecular weight excluding hydrogens is 1250 g/mol. The van der Waals surface area contributed by atoms with Gasteiger partial charge in [0.1, 0.15) is 45.2 Å². The minimum atomic E-state index is 0. The van der Waals surface area contributed by atoms with Crippen molar-refractivity contribution in [3.05, 3.63) is 192 Å². The zero-order valence-corrected chi connectivity index (χ0v) is 44.0. The first kappa shape index (κ1) is 51.4. The number of nitrogens with zero attached hydrogens (tertiary/aromatic N) is 12. The Kier molecular flexibility index (Phi) is 12.4. The van der Waals surface area contributed by atoms with Gasteiger partial charge in [-0.25, -0.2) is 59.8 Å². The Balaban J connectivity index is 0.000000140. The fraction of sp³-hybridized carbons (Fsp3) is 0. The molecule has 16 bridgehead atoms. The van der Waals surface area contributed by atoms with Gasteiger partial charge in [0.25, 0.3) is 0 Å². The van der Waals surface area contributed by atoms with E-state index in [2.05, 4.69) is 19.9 Å². The van der Waals surface area contributed by atoms with E-state index in [4.69, 9.17) is 83.0 Å². The van der Waals surface area contributed by atoms with Crippen LogP contribution in [0.15, 0.2) is 182 Å². The first-order chi connectivity index (χ1) is 40.4. The molecule has 10 heterocycles. The molecule has 0 atom stereocenters. The number of aromatic nitrogens is 16. The molecule has 4 aliphatic rings. The molecule has 4 N–H and O–H groups in total. The summed E-state index contributed by atoms with van der Waals surface area (Å²) >= 11 is 13.5. The predicted molar refractivity (Wildman–Crippen MR) is 342 cm³/mol. The summed E-state index contributed by atoms with van der Waals surface area (Å²) < 4.78 is 0. The molecule has 0 saturated carbocycles. The van der Waals surface area contributed by atoms with E-state index in [9.17, 15) is 0 Å². The number of benzene rings is 8. The van der Waals surface area contributed by atoms with Gasteiger partial charge in [-0.1, -0.05) is 193 Å². The van der Waals surface area contributed by atoms with E-state index in [-0.39, 0.29) is 45.6 Å². The van der Waals surface area contributed by atoms with Crippen LogP contribution in [0.5, 0.6) is 0 Å². The van der Waals surface area contributed by atoms with Gasteiger partial charge in [0.2, 0.25) is 0 Å². The van der Waals surface area contributed by atoms with Crippen LogP contribution in [-0.4, -0.2) is 125 Å². The average Bonchev–Trinajstić information content (AvgIpc) is 3.12. The second-order valence-electron chi connectivity index (χ2n) is 19.8. The van der Waals surface area contributed by atoms with Crippen molar-refractivity contribution in [2.24, 2.45) is 0 Å². The zero-order valence-electron chi connectivity index (χ0n) is 42.4. The van der Waals surface area contributed by atoms with Crippen LogP contribution in [0.25, 0.3) is 179 Å². The summed E-state index contributed by atoms with van der Waals surface area (Å²) in [5.74, 6) is 4.47. The van der Waals surface area contributed by atoms with E-state index in [1.54, 1.807) is 0 Å². The molecule has 6 aromatic heterocycles. The molecule has 0 saturated heterocycles. The van der Waals surface area contributed by atoms with E-state index in [1.165, 1.54) is 0 Å². The van der Waals surface area contributed by atoms with Gasteiger partial charge < -0.3 is 19.9 Å². The fourth-order valence-corrected chi connectivity index (χ4v) is 11.8. The Hall–Kier alpha value is -9.43. The van der Waals surface area contributed by atoms with Crippen molar-refractivity contribution in [3.8, 4) is 91.1 Å². The predicted octanol–water partition coefficient (Wildman–Crippen LogP) is 12.7. The van der Waals surface area contributed by atoms with Crippen molar-refractivity contribution in [1.82, 2.24) is 79.7 Å². The van der Waals surface area contributed by atoms with E-state index in [0.29, 0.717) is 102 Å². The first-order valence-corrected chi connectivity index (χ1v) is 27.0. The van der Waals surface area contributed by atoms with Crippen LogP contribution in [0.1, 0.15) is 0 Å². The first-order valence-electron chi connectivity index (χ1n) is 26.2. The van der Waals surface area contributed by atoms with Crippen LogP contribution in [0.4, 0.5) is 0 Å². The summed E-state index contributed by atoms with van der Waals surface area (Å²) in [7, 11) is 0. The quantitative estimate of drug-likeness (QED) is 0.104. The summed E-state index contributed by atoms with van der Waals surface area (Å²) in [5.41, 5.74) is 12.2. The molecule has 16 nitrogen and oxygen atoms in total. The van der Waals surface area contributed by atoms with Crippen LogP contribution in [0.2, 0.25) is 10.0 Å². The molecule has 0 radical (unpaired) electrons. The summed E-state index contributed by atoms with van der Waals surface area (Å²) in [5, 5.41) is 8.11. The number of fused-ring (bicyclic) bond motifs is 40. The number of halogens is 2. The molecule has 396 valence electrons. The molecule has 0 unspecified atom stereocenters. The van der Waals surface area contributed by atoms with Crippen LogP contribution in [0.3, 0.4) is 0 Å². The van der Waals surface area contributed by atoms with Crippen molar-refractivity contribution >= 4 is 157 Å². The van der Waals surface area contributed by atoms with Crippen LogP contribution in [0, 0.1) is 0 Å². The van der Waals surface area contributed by atoms with Crippen molar-refractivity contribution in [1.29, 1.82) is 0 Å². The van der Waals surface area contributed by atoms with Gasteiger partial charge in [-0.05, 0) is 12.1 Å². The second-order valence-corrected chi connectivity index (χ2v) is 20.6. The summed E-state index contributed by atoms with van der Waals surface area (Å²) in [6.45, 7) is 0. The van der Waals surface area contributed by atoms with Crippen LogP contribution >= 0.6 is 23.2 Å². The monoisotopic (exact) mass is 1290 g/mol. The van der Waals surface area contributed by atoms with Crippen molar-refractivity contribution in [2.75, 3.05) is 0 Å². The Bertz CT molecular complexity index is 5150. The van der Waals surface area contributed by atoms with Crippen LogP contribution in [-0.2, 0) is 0 Å². The number of hydrogen-bond donors (Lipinski definition) is 4. The summed E-state index contributed by atoms with van der Waals surface area (Å²) in [6.07, 6.45) is 0. The third-order valence-electron chi connectivity index (χ3n) is 15.1. The zero-order chi connectivity index (χ0) is 54.2. The topological polar surface area (TPSA) is 218 Å². The third-order valence-corrected chi connectivity index (χ3v) is 15.7. The van der Waals surface area contributed by atoms with Gasteiger partial charge in [0, 0.05) is 87.6 Å².